The van der Waals surface area contributed by atoms with Crippen LogP contribution in [0.4, 0.5) is 10.5 Å². The molecule has 1 aromatic rings. The number of anilines is 1. The molecule has 1 amide bonds. The van der Waals surface area contributed by atoms with Crippen molar-refractivity contribution in [3.63, 3.8) is 0 Å². The molecule has 9 heteroatoms. The van der Waals surface area contributed by atoms with E-state index in [2.05, 4.69) is 37.2 Å². The van der Waals surface area contributed by atoms with Crippen LogP contribution in [0.1, 0.15) is 37.6 Å². The van der Waals surface area contributed by atoms with Gasteiger partial charge in [-0.1, -0.05) is 0 Å². The van der Waals surface area contributed by atoms with Crippen molar-refractivity contribution in [3.8, 4) is 0 Å². The molecule has 0 aromatic heterocycles. The first-order valence-corrected chi connectivity index (χ1v) is 8.49. The maximum absolute atomic E-state index is 12.3. The van der Waals surface area contributed by atoms with Crippen LogP contribution >= 0.6 is 31.9 Å². The summed E-state index contributed by atoms with van der Waals surface area (Å²) in [6.45, 7) is 4.95. The molecule has 1 aromatic carbocycles. The maximum Gasteiger partial charge on any atom is 0.408 e. The number of benzene rings is 1. The molecule has 7 nitrogen and oxygen atoms in total. The number of nitrogen functional groups attached to an aromatic ring is 1. The Morgan fingerprint density at radius 1 is 1.25 bits per heavy atom. The summed E-state index contributed by atoms with van der Waals surface area (Å²) in [6, 6.07) is 1.59. The Kier molecular flexibility index (Phi) is 6.79. The van der Waals surface area contributed by atoms with Crippen molar-refractivity contribution in [2.24, 2.45) is 0 Å². The lowest BCUT2D eigenvalue weighted by Gasteiger charge is -2.21. The van der Waals surface area contributed by atoms with Gasteiger partial charge in [0.05, 0.1) is 5.69 Å². The van der Waals surface area contributed by atoms with E-state index in [1.165, 1.54) is 12.1 Å². The first kappa shape index (κ1) is 20.4. The van der Waals surface area contributed by atoms with Gasteiger partial charge in [-0.05, 0) is 64.8 Å². The third-order valence-electron chi connectivity index (χ3n) is 2.78. The van der Waals surface area contributed by atoms with Gasteiger partial charge in [0.2, 0.25) is 0 Å². The van der Waals surface area contributed by atoms with Gasteiger partial charge in [0.15, 0.2) is 5.78 Å². The number of ether oxygens (including phenoxy) is 1. The number of hydrogen-bond donors (Lipinski definition) is 3. The standard InChI is InChI=1S/C15H18Br2N2O5/c1-15(2,3)24-14(23)19-10(13(21)22)6-11(20)7-4-8(16)12(18)9(17)5-7/h4-5,10H,6,18H2,1-3H3,(H,19,23)(H,21,22)/t10-/m1/s1. The summed E-state index contributed by atoms with van der Waals surface area (Å²) in [4.78, 5) is 35.3. The third kappa shape index (κ3) is 6.12. The number of halogens is 2. The highest BCUT2D eigenvalue weighted by atomic mass is 79.9. The highest BCUT2D eigenvalue weighted by Crippen LogP contribution is 2.30. The van der Waals surface area contributed by atoms with E-state index in [-0.39, 0.29) is 5.56 Å². The second-order valence-electron chi connectivity index (χ2n) is 6.02. The van der Waals surface area contributed by atoms with E-state index in [0.717, 1.165) is 0 Å². The summed E-state index contributed by atoms with van der Waals surface area (Å²) in [5.41, 5.74) is 5.67. The molecule has 0 saturated heterocycles. The number of carboxylic acids is 1. The predicted molar refractivity (Wildman–Crippen MR) is 96.0 cm³/mol. The number of carbonyl (C=O) groups is 3. The zero-order chi connectivity index (χ0) is 18.7. The molecule has 1 rings (SSSR count). The number of Topliss-reactive ketones (excluding diaryl/α,β-unsaturated/α-hetero) is 1. The highest BCUT2D eigenvalue weighted by Gasteiger charge is 2.27. The van der Waals surface area contributed by atoms with Crippen molar-refractivity contribution in [3.05, 3.63) is 26.6 Å². The van der Waals surface area contributed by atoms with Crippen LogP contribution in [-0.2, 0) is 9.53 Å². The quantitative estimate of drug-likeness (QED) is 0.453. The van der Waals surface area contributed by atoms with Crippen LogP contribution in [0.2, 0.25) is 0 Å². The Morgan fingerprint density at radius 3 is 2.17 bits per heavy atom. The van der Waals surface area contributed by atoms with Crippen molar-refractivity contribution in [1.29, 1.82) is 0 Å². The fraction of sp³-hybridized carbons (Fsp3) is 0.400. The number of rotatable bonds is 5. The summed E-state index contributed by atoms with van der Waals surface area (Å²) in [6.07, 6.45) is -1.32. The number of carboxylic acid groups (broad SMARTS) is 1. The summed E-state index contributed by atoms with van der Waals surface area (Å²) in [7, 11) is 0. The van der Waals surface area contributed by atoms with Crippen molar-refractivity contribution in [2.75, 3.05) is 5.73 Å². The van der Waals surface area contributed by atoms with Crippen LogP contribution in [0.25, 0.3) is 0 Å². The van der Waals surface area contributed by atoms with E-state index in [1.807, 2.05) is 0 Å². The Balaban J connectivity index is 2.87. The van der Waals surface area contributed by atoms with Gasteiger partial charge in [0.1, 0.15) is 11.6 Å². The number of nitrogens with one attached hydrogen (secondary N) is 1. The Labute approximate surface area is 156 Å². The van der Waals surface area contributed by atoms with Crippen molar-refractivity contribution in [1.82, 2.24) is 5.32 Å². The number of carbonyl (C=O) groups excluding carboxylic acids is 2. The molecule has 0 saturated carbocycles. The molecule has 132 valence electrons. The Hall–Kier alpha value is -1.61. The van der Waals surface area contributed by atoms with E-state index < -0.39 is 35.9 Å². The second-order valence-corrected chi connectivity index (χ2v) is 7.73. The van der Waals surface area contributed by atoms with Crippen LogP contribution in [0.3, 0.4) is 0 Å². The van der Waals surface area contributed by atoms with Gasteiger partial charge < -0.3 is 20.9 Å². The predicted octanol–water partition coefficient (Wildman–Crippen LogP) is 3.34. The average Bonchev–Trinajstić information content (AvgIpc) is 2.41. The molecule has 0 fully saturated rings. The van der Waals surface area contributed by atoms with E-state index >= 15 is 0 Å². The smallest absolute Gasteiger partial charge is 0.408 e. The van der Waals surface area contributed by atoms with Gasteiger partial charge in [-0.25, -0.2) is 9.59 Å². The van der Waals surface area contributed by atoms with Crippen molar-refractivity contribution >= 4 is 55.4 Å². The number of ketones is 1. The largest absolute Gasteiger partial charge is 0.480 e. The molecular weight excluding hydrogens is 448 g/mol. The number of alkyl carbamates (subject to hydrolysis) is 1. The zero-order valence-corrected chi connectivity index (χ0v) is 16.5. The molecule has 4 N–H and O–H groups in total. The molecule has 0 heterocycles. The minimum Gasteiger partial charge on any atom is -0.480 e. The zero-order valence-electron chi connectivity index (χ0n) is 13.4. The van der Waals surface area contributed by atoms with E-state index in [0.29, 0.717) is 14.6 Å². The molecule has 0 aliphatic rings. The first-order chi connectivity index (χ1) is 10.9. The molecule has 0 aliphatic heterocycles. The van der Waals surface area contributed by atoms with Gasteiger partial charge in [0.25, 0.3) is 0 Å². The fourth-order valence-electron chi connectivity index (χ4n) is 1.70. The highest BCUT2D eigenvalue weighted by molar-refractivity contribution is 9.11. The molecular formula is C15H18Br2N2O5. The van der Waals surface area contributed by atoms with Gasteiger partial charge in [-0.2, -0.15) is 0 Å². The Bertz CT molecular complexity index is 647. The molecule has 0 radical (unpaired) electrons. The van der Waals surface area contributed by atoms with Crippen molar-refractivity contribution < 1.29 is 24.2 Å². The second kappa shape index (κ2) is 7.98. The Morgan fingerprint density at radius 2 is 1.75 bits per heavy atom. The summed E-state index contributed by atoms with van der Waals surface area (Å²) < 4.78 is 6.02. The summed E-state index contributed by atoms with van der Waals surface area (Å²) >= 11 is 6.44. The molecule has 1 atom stereocenters. The van der Waals surface area contributed by atoms with Gasteiger partial charge >= 0.3 is 12.1 Å². The molecule has 0 bridgehead atoms. The lowest BCUT2D eigenvalue weighted by molar-refractivity contribution is -0.139. The molecule has 0 spiro atoms. The number of amides is 1. The summed E-state index contributed by atoms with van der Waals surface area (Å²) in [5.74, 6) is -1.79. The molecule has 24 heavy (non-hydrogen) atoms. The van der Waals surface area contributed by atoms with E-state index in [1.54, 1.807) is 20.8 Å². The van der Waals surface area contributed by atoms with Gasteiger partial charge in [-0.15, -0.1) is 0 Å². The van der Waals surface area contributed by atoms with Gasteiger partial charge in [0, 0.05) is 20.9 Å². The number of aliphatic carboxylic acids is 1. The van der Waals surface area contributed by atoms with Gasteiger partial charge in [-0.3, -0.25) is 4.79 Å². The lowest BCUT2D eigenvalue weighted by Crippen LogP contribution is -2.44. The van der Waals surface area contributed by atoms with Crippen molar-refractivity contribution in [2.45, 2.75) is 38.8 Å². The normalized spacial score (nSPS) is 12.4. The monoisotopic (exact) mass is 464 g/mol. The van der Waals surface area contributed by atoms with Crippen LogP contribution in [0.5, 0.6) is 0 Å². The topological polar surface area (TPSA) is 119 Å². The minimum absolute atomic E-state index is 0.264. The number of nitrogens with two attached hydrogens (primary N) is 1. The van der Waals surface area contributed by atoms with E-state index in [9.17, 15) is 19.5 Å². The maximum atomic E-state index is 12.3. The average molecular weight is 466 g/mol. The molecule has 0 aliphatic carbocycles. The minimum atomic E-state index is -1.40. The third-order valence-corrected chi connectivity index (χ3v) is 4.09. The fourth-order valence-corrected chi connectivity index (χ4v) is 2.88. The van der Waals surface area contributed by atoms with Crippen LogP contribution in [0, 0.1) is 0 Å². The molecule has 0 unspecified atom stereocenters. The van der Waals surface area contributed by atoms with Crippen LogP contribution in [0.15, 0.2) is 21.1 Å². The summed E-state index contributed by atoms with van der Waals surface area (Å²) in [5, 5.41) is 11.4. The van der Waals surface area contributed by atoms with Crippen LogP contribution < -0.4 is 11.1 Å². The van der Waals surface area contributed by atoms with E-state index in [4.69, 9.17) is 10.5 Å². The number of hydrogen-bond acceptors (Lipinski definition) is 5. The SMILES string of the molecule is CC(C)(C)OC(=O)N[C@H](CC(=O)c1cc(Br)c(N)c(Br)c1)C(=O)O. The first-order valence-electron chi connectivity index (χ1n) is 6.90. The lowest BCUT2D eigenvalue weighted by atomic mass is 10.0. The van der Waals surface area contributed by atoms with Crippen LogP contribution in [-0.4, -0.2) is 34.6 Å².